The van der Waals surface area contributed by atoms with Gasteiger partial charge in [0.25, 0.3) is 0 Å². The number of nitrogens with one attached hydrogen (secondary N) is 1. The smallest absolute Gasteiger partial charge is 0.0393 e. The van der Waals surface area contributed by atoms with Crippen molar-refractivity contribution in [3.8, 4) is 0 Å². The van der Waals surface area contributed by atoms with E-state index in [4.69, 9.17) is 5.73 Å². The van der Waals surface area contributed by atoms with E-state index in [9.17, 15) is 0 Å². The molecule has 0 atom stereocenters. The molecule has 1 aromatic carbocycles. The summed E-state index contributed by atoms with van der Waals surface area (Å²) in [5, 5.41) is 3.32. The number of benzene rings is 1. The van der Waals surface area contributed by atoms with Crippen molar-refractivity contribution in [2.75, 3.05) is 17.6 Å². The minimum atomic E-state index is 0.926. The lowest BCUT2D eigenvalue weighted by Crippen LogP contribution is -2.12. The van der Waals surface area contributed by atoms with Crippen LogP contribution in [0.15, 0.2) is 18.2 Å². The SMILES string of the molecule is Nc1cccc2c1CCCN2. The molecular weight excluding hydrogens is 136 g/mol. The first-order chi connectivity index (χ1) is 5.38. The predicted molar refractivity (Wildman–Crippen MR) is 47.7 cm³/mol. The minimum Gasteiger partial charge on any atom is -0.398 e. The van der Waals surface area contributed by atoms with Crippen molar-refractivity contribution in [1.29, 1.82) is 0 Å². The molecule has 0 unspecified atom stereocenters. The van der Waals surface area contributed by atoms with Crippen LogP contribution in [0, 0.1) is 0 Å². The van der Waals surface area contributed by atoms with Gasteiger partial charge in [-0.05, 0) is 30.5 Å². The lowest BCUT2D eigenvalue weighted by atomic mass is 10.0. The van der Waals surface area contributed by atoms with Crippen molar-refractivity contribution < 1.29 is 0 Å². The van der Waals surface area contributed by atoms with E-state index in [2.05, 4.69) is 11.4 Å². The number of hydrogen-bond donors (Lipinski definition) is 2. The van der Waals surface area contributed by atoms with Gasteiger partial charge >= 0.3 is 0 Å². The topological polar surface area (TPSA) is 38.0 Å². The Kier molecular flexibility index (Phi) is 1.46. The number of hydrogen-bond acceptors (Lipinski definition) is 2. The van der Waals surface area contributed by atoms with Crippen LogP contribution < -0.4 is 11.1 Å². The largest absolute Gasteiger partial charge is 0.398 e. The van der Waals surface area contributed by atoms with Crippen LogP contribution in [0.5, 0.6) is 0 Å². The summed E-state index contributed by atoms with van der Waals surface area (Å²) in [6.07, 6.45) is 2.32. The first kappa shape index (κ1) is 6.53. The van der Waals surface area contributed by atoms with Gasteiger partial charge in [0.15, 0.2) is 0 Å². The highest BCUT2D eigenvalue weighted by Gasteiger charge is 2.09. The Morgan fingerprint density at radius 2 is 2.27 bits per heavy atom. The standard InChI is InChI=1S/C9H12N2/c10-8-4-1-5-9-7(8)3-2-6-11-9/h1,4-5,11H,2-3,6,10H2. The molecule has 0 spiro atoms. The molecule has 2 nitrogen and oxygen atoms in total. The van der Waals surface area contributed by atoms with Crippen molar-refractivity contribution in [1.82, 2.24) is 0 Å². The summed E-state index contributed by atoms with van der Waals surface area (Å²) in [5.74, 6) is 0. The highest BCUT2D eigenvalue weighted by molar-refractivity contribution is 5.64. The zero-order valence-corrected chi connectivity index (χ0v) is 6.43. The molecule has 0 saturated carbocycles. The van der Waals surface area contributed by atoms with E-state index in [-0.39, 0.29) is 0 Å². The molecule has 1 aromatic rings. The zero-order valence-electron chi connectivity index (χ0n) is 6.43. The maximum Gasteiger partial charge on any atom is 0.0393 e. The summed E-state index contributed by atoms with van der Waals surface area (Å²) in [6, 6.07) is 6.04. The molecule has 58 valence electrons. The Bertz CT molecular complexity index is 268. The highest BCUT2D eigenvalue weighted by atomic mass is 14.9. The van der Waals surface area contributed by atoms with Gasteiger partial charge in [0.05, 0.1) is 0 Å². The number of nitrogen functional groups attached to an aromatic ring is 1. The fraction of sp³-hybridized carbons (Fsp3) is 0.333. The van der Waals surface area contributed by atoms with Crippen LogP contribution in [0.3, 0.4) is 0 Å². The summed E-state index contributed by atoms with van der Waals surface area (Å²) in [5.41, 5.74) is 9.24. The van der Waals surface area contributed by atoms with Gasteiger partial charge in [-0.15, -0.1) is 0 Å². The third-order valence-corrected chi connectivity index (χ3v) is 2.13. The Hall–Kier alpha value is -1.18. The molecule has 11 heavy (non-hydrogen) atoms. The second-order valence-electron chi connectivity index (χ2n) is 2.90. The molecule has 0 amide bonds. The van der Waals surface area contributed by atoms with Crippen LogP contribution in [0.1, 0.15) is 12.0 Å². The van der Waals surface area contributed by atoms with Crippen LogP contribution in [-0.4, -0.2) is 6.54 Å². The van der Waals surface area contributed by atoms with E-state index >= 15 is 0 Å². The van der Waals surface area contributed by atoms with Gasteiger partial charge in [0.1, 0.15) is 0 Å². The molecule has 3 N–H and O–H groups in total. The van der Waals surface area contributed by atoms with E-state index < -0.39 is 0 Å². The molecule has 0 saturated heterocycles. The average Bonchev–Trinajstić information content (AvgIpc) is 2.06. The second kappa shape index (κ2) is 2.46. The molecular formula is C9H12N2. The van der Waals surface area contributed by atoms with Crippen LogP contribution >= 0.6 is 0 Å². The summed E-state index contributed by atoms with van der Waals surface area (Å²) in [4.78, 5) is 0. The highest BCUT2D eigenvalue weighted by Crippen LogP contribution is 2.26. The van der Waals surface area contributed by atoms with E-state index in [0.717, 1.165) is 18.7 Å². The van der Waals surface area contributed by atoms with Crippen molar-refractivity contribution in [3.05, 3.63) is 23.8 Å². The van der Waals surface area contributed by atoms with Crippen molar-refractivity contribution >= 4 is 11.4 Å². The zero-order chi connectivity index (χ0) is 7.68. The molecule has 0 aromatic heterocycles. The van der Waals surface area contributed by atoms with Gasteiger partial charge in [-0.3, -0.25) is 0 Å². The normalized spacial score (nSPS) is 15.3. The molecule has 0 radical (unpaired) electrons. The lowest BCUT2D eigenvalue weighted by molar-refractivity contribution is 0.832. The fourth-order valence-corrected chi connectivity index (χ4v) is 1.54. The van der Waals surface area contributed by atoms with E-state index in [1.54, 1.807) is 0 Å². The molecule has 0 fully saturated rings. The third kappa shape index (κ3) is 1.04. The van der Waals surface area contributed by atoms with Crippen molar-refractivity contribution in [2.24, 2.45) is 0 Å². The summed E-state index contributed by atoms with van der Waals surface area (Å²) in [7, 11) is 0. The van der Waals surface area contributed by atoms with Gasteiger partial charge in [-0.1, -0.05) is 6.07 Å². The lowest BCUT2D eigenvalue weighted by Gasteiger charge is -2.18. The van der Waals surface area contributed by atoms with Gasteiger partial charge in [0.2, 0.25) is 0 Å². The van der Waals surface area contributed by atoms with Crippen molar-refractivity contribution in [3.63, 3.8) is 0 Å². The second-order valence-corrected chi connectivity index (χ2v) is 2.90. The fourth-order valence-electron chi connectivity index (χ4n) is 1.54. The number of nitrogens with two attached hydrogens (primary N) is 1. The van der Waals surface area contributed by atoms with Gasteiger partial charge in [-0.2, -0.15) is 0 Å². The molecule has 0 bridgehead atoms. The molecule has 0 aliphatic carbocycles. The van der Waals surface area contributed by atoms with Gasteiger partial charge in [-0.25, -0.2) is 0 Å². The van der Waals surface area contributed by atoms with Crippen LogP contribution in [0.2, 0.25) is 0 Å². The van der Waals surface area contributed by atoms with Crippen LogP contribution in [0.4, 0.5) is 11.4 Å². The maximum atomic E-state index is 5.80. The van der Waals surface area contributed by atoms with Crippen LogP contribution in [-0.2, 0) is 6.42 Å². The quantitative estimate of drug-likeness (QED) is 0.549. The third-order valence-electron chi connectivity index (χ3n) is 2.13. The van der Waals surface area contributed by atoms with Gasteiger partial charge < -0.3 is 11.1 Å². The van der Waals surface area contributed by atoms with E-state index in [1.165, 1.54) is 17.7 Å². The first-order valence-electron chi connectivity index (χ1n) is 3.99. The Morgan fingerprint density at radius 1 is 1.36 bits per heavy atom. The maximum absolute atomic E-state index is 5.80. The van der Waals surface area contributed by atoms with Crippen LogP contribution in [0.25, 0.3) is 0 Å². The van der Waals surface area contributed by atoms with Gasteiger partial charge in [0, 0.05) is 17.9 Å². The molecule has 1 heterocycles. The summed E-state index contributed by atoms with van der Waals surface area (Å²) < 4.78 is 0. The Balaban J connectivity index is 2.49. The first-order valence-corrected chi connectivity index (χ1v) is 3.99. The van der Waals surface area contributed by atoms with E-state index in [1.807, 2.05) is 12.1 Å². The Labute approximate surface area is 66.4 Å². The number of rotatable bonds is 0. The monoisotopic (exact) mass is 148 g/mol. The van der Waals surface area contributed by atoms with Crippen molar-refractivity contribution in [2.45, 2.75) is 12.8 Å². The summed E-state index contributed by atoms with van der Waals surface area (Å²) >= 11 is 0. The Morgan fingerprint density at radius 3 is 3.09 bits per heavy atom. The summed E-state index contributed by atoms with van der Waals surface area (Å²) in [6.45, 7) is 1.08. The minimum absolute atomic E-state index is 0.926. The number of anilines is 2. The molecule has 1 aliphatic heterocycles. The molecule has 2 heteroatoms. The molecule has 1 aliphatic rings. The van der Waals surface area contributed by atoms with E-state index in [0.29, 0.717) is 0 Å². The predicted octanol–water partition coefficient (Wildman–Crippen LogP) is 1.63. The average molecular weight is 148 g/mol. The number of fused-ring (bicyclic) bond motifs is 1. The molecule has 2 rings (SSSR count).